The summed E-state index contributed by atoms with van der Waals surface area (Å²) >= 11 is 0. The molecule has 4 saturated carbocycles. The van der Waals surface area contributed by atoms with E-state index in [2.05, 4.69) is 22.5 Å². The highest BCUT2D eigenvalue weighted by molar-refractivity contribution is 5.98. The number of carbonyl (C=O) groups excluding carboxylic acids is 1. The summed E-state index contributed by atoms with van der Waals surface area (Å²) < 4.78 is 11.3. The number of allylic oxidation sites excluding steroid dienone is 1. The summed E-state index contributed by atoms with van der Waals surface area (Å²) in [6, 6.07) is 0.401. The first kappa shape index (κ1) is 17.2. The third-order valence-corrected chi connectivity index (χ3v) is 7.25. The highest BCUT2D eigenvalue weighted by atomic mass is 16.5. The number of rotatable bonds is 5. The van der Waals surface area contributed by atoms with Crippen molar-refractivity contribution in [1.82, 2.24) is 4.98 Å². The van der Waals surface area contributed by atoms with Gasteiger partial charge in [0.25, 0.3) is 0 Å². The third kappa shape index (κ3) is 2.70. The van der Waals surface area contributed by atoms with Crippen molar-refractivity contribution < 1.29 is 14.3 Å². The molecule has 5 nitrogen and oxygen atoms in total. The molecule has 0 aliphatic heterocycles. The number of aromatic nitrogens is 1. The number of anilines is 1. The van der Waals surface area contributed by atoms with Gasteiger partial charge in [-0.1, -0.05) is 12.2 Å². The highest BCUT2D eigenvalue weighted by Gasteiger charge is 2.55. The molecule has 0 saturated heterocycles. The van der Waals surface area contributed by atoms with Crippen molar-refractivity contribution in [1.29, 1.82) is 0 Å². The van der Waals surface area contributed by atoms with E-state index in [0.29, 0.717) is 30.0 Å². The lowest BCUT2D eigenvalue weighted by molar-refractivity contribution is -0.149. The number of nitrogens with zero attached hydrogens (tertiary/aromatic N) is 1. The maximum absolute atomic E-state index is 12.6. The van der Waals surface area contributed by atoms with E-state index in [0.717, 1.165) is 42.1 Å². The molecular formula is C22H28N2O3. The van der Waals surface area contributed by atoms with E-state index in [1.54, 1.807) is 6.20 Å². The maximum atomic E-state index is 12.6. The van der Waals surface area contributed by atoms with Crippen LogP contribution < -0.4 is 5.32 Å². The molecule has 1 aromatic heterocycles. The van der Waals surface area contributed by atoms with Crippen LogP contribution in [-0.2, 0) is 15.9 Å². The third-order valence-electron chi connectivity index (χ3n) is 7.25. The van der Waals surface area contributed by atoms with E-state index < -0.39 is 0 Å². The van der Waals surface area contributed by atoms with Crippen LogP contribution in [0.2, 0.25) is 0 Å². The molecule has 0 spiro atoms. The summed E-state index contributed by atoms with van der Waals surface area (Å²) in [7, 11) is 1.88. The van der Waals surface area contributed by atoms with Gasteiger partial charge in [-0.25, -0.2) is 4.79 Å². The van der Waals surface area contributed by atoms with Gasteiger partial charge in [-0.05, 0) is 56.8 Å². The lowest BCUT2D eigenvalue weighted by Crippen LogP contribution is -2.59. The Hall–Kier alpha value is -1.88. The minimum atomic E-state index is -0.284. The van der Waals surface area contributed by atoms with E-state index in [9.17, 15) is 4.79 Å². The van der Waals surface area contributed by atoms with Crippen LogP contribution in [0.4, 0.5) is 5.69 Å². The molecule has 5 heteroatoms. The monoisotopic (exact) mass is 368 g/mol. The van der Waals surface area contributed by atoms with Crippen molar-refractivity contribution in [2.75, 3.05) is 19.0 Å². The Labute approximate surface area is 160 Å². The second kappa shape index (κ2) is 6.33. The summed E-state index contributed by atoms with van der Waals surface area (Å²) in [5, 5.41) is 3.83. The Kier molecular flexibility index (Phi) is 4.04. The van der Waals surface area contributed by atoms with Crippen LogP contribution in [0.5, 0.6) is 0 Å². The molecule has 1 N–H and O–H groups in total. The molecule has 0 radical (unpaired) electrons. The molecule has 27 heavy (non-hydrogen) atoms. The van der Waals surface area contributed by atoms with Crippen LogP contribution in [-0.4, -0.2) is 36.3 Å². The zero-order chi connectivity index (χ0) is 18.6. The van der Waals surface area contributed by atoms with Gasteiger partial charge in [0.05, 0.1) is 23.6 Å². The fourth-order valence-corrected chi connectivity index (χ4v) is 6.32. The molecule has 4 fully saturated rings. The van der Waals surface area contributed by atoms with Crippen LogP contribution in [0.15, 0.2) is 12.3 Å². The summed E-state index contributed by atoms with van der Waals surface area (Å²) in [5.74, 6) is 1.74. The van der Waals surface area contributed by atoms with Crippen LogP contribution >= 0.6 is 0 Å². The van der Waals surface area contributed by atoms with Gasteiger partial charge in [-0.15, -0.1) is 0 Å². The largest absolute Gasteiger partial charge is 0.462 e. The minimum absolute atomic E-state index is 0.0960. The van der Waals surface area contributed by atoms with Crippen LogP contribution in [0, 0.1) is 17.8 Å². The number of nitrogens with one attached hydrogen (secondary N) is 1. The number of fused-ring (bicyclic) bond motifs is 1. The van der Waals surface area contributed by atoms with Crippen molar-refractivity contribution in [3.63, 3.8) is 0 Å². The number of carbonyl (C=O) groups is 1. The molecule has 144 valence electrons. The summed E-state index contributed by atoms with van der Waals surface area (Å²) in [4.78, 5) is 17.1. The summed E-state index contributed by atoms with van der Waals surface area (Å²) in [6.45, 7) is 2.21. The number of pyridine rings is 1. The van der Waals surface area contributed by atoms with Gasteiger partial charge in [-0.2, -0.15) is 0 Å². The molecule has 0 aromatic carbocycles. The molecule has 4 bridgehead atoms. The van der Waals surface area contributed by atoms with Crippen molar-refractivity contribution >= 4 is 17.7 Å². The topological polar surface area (TPSA) is 60.5 Å². The standard InChI is InChI=1S/C22H28N2O3/c1-3-27-21(25)17-12-23-18-6-4-5-16(18)20(17)24-19-14-7-13-8-15(19)11-22(9-13,10-14)26-2/h4-5,12-15,19H,3,6-11H2,1-2H3,(H,23,24)/t13?,14-,15+,19?,22?. The summed E-state index contributed by atoms with van der Waals surface area (Å²) in [5.41, 5.74) is 3.70. The van der Waals surface area contributed by atoms with Crippen molar-refractivity contribution in [2.24, 2.45) is 17.8 Å². The maximum Gasteiger partial charge on any atom is 0.341 e. The molecule has 5 aliphatic carbocycles. The first-order valence-corrected chi connectivity index (χ1v) is 10.3. The van der Waals surface area contributed by atoms with Gasteiger partial charge in [0, 0.05) is 31.3 Å². The lowest BCUT2D eigenvalue weighted by Gasteiger charge is -2.59. The normalized spacial score (nSPS) is 35.3. The molecular weight excluding hydrogens is 340 g/mol. The van der Waals surface area contributed by atoms with Crippen molar-refractivity contribution in [2.45, 2.75) is 57.1 Å². The van der Waals surface area contributed by atoms with Crippen molar-refractivity contribution in [3.05, 3.63) is 29.1 Å². The van der Waals surface area contributed by atoms with Gasteiger partial charge in [-0.3, -0.25) is 4.98 Å². The van der Waals surface area contributed by atoms with E-state index >= 15 is 0 Å². The predicted molar refractivity (Wildman–Crippen MR) is 104 cm³/mol. The Balaban J connectivity index is 1.48. The molecule has 6 rings (SSSR count). The quantitative estimate of drug-likeness (QED) is 0.801. The second-order valence-electron chi connectivity index (χ2n) is 8.76. The summed E-state index contributed by atoms with van der Waals surface area (Å²) in [6.07, 6.45) is 12.8. The van der Waals surface area contributed by atoms with E-state index in [1.807, 2.05) is 14.0 Å². The fraction of sp³-hybridized carbons (Fsp3) is 0.636. The van der Waals surface area contributed by atoms with Gasteiger partial charge >= 0.3 is 5.97 Å². The lowest BCUT2D eigenvalue weighted by atomic mass is 9.52. The Morgan fingerprint density at radius 1 is 1.30 bits per heavy atom. The first-order chi connectivity index (χ1) is 13.1. The molecule has 1 aromatic rings. The van der Waals surface area contributed by atoms with Gasteiger partial charge in [0.15, 0.2) is 0 Å². The Morgan fingerprint density at radius 3 is 2.78 bits per heavy atom. The first-order valence-electron chi connectivity index (χ1n) is 10.3. The second-order valence-corrected chi connectivity index (χ2v) is 8.76. The average molecular weight is 368 g/mol. The van der Waals surface area contributed by atoms with Gasteiger partial charge in [0.2, 0.25) is 0 Å². The highest BCUT2D eigenvalue weighted by Crippen LogP contribution is 2.57. The van der Waals surface area contributed by atoms with Crippen molar-refractivity contribution in [3.8, 4) is 0 Å². The Morgan fingerprint density at radius 2 is 2.07 bits per heavy atom. The number of esters is 1. The number of hydrogen-bond donors (Lipinski definition) is 1. The molecule has 5 aliphatic rings. The molecule has 1 heterocycles. The Bertz CT molecular complexity index is 787. The fourth-order valence-electron chi connectivity index (χ4n) is 6.32. The zero-order valence-corrected chi connectivity index (χ0v) is 16.2. The average Bonchev–Trinajstić information content (AvgIpc) is 3.13. The van der Waals surface area contributed by atoms with Gasteiger partial charge in [0.1, 0.15) is 5.56 Å². The van der Waals surface area contributed by atoms with Crippen LogP contribution in [0.3, 0.4) is 0 Å². The molecule has 5 atom stereocenters. The number of hydrogen-bond acceptors (Lipinski definition) is 5. The SMILES string of the molecule is CCOC(=O)c1cnc2c(c1NC1[C@@H]3CC4C[C@H]1CC(OC)(C4)C3)C=CC2. The minimum Gasteiger partial charge on any atom is -0.462 e. The van der Waals surface area contributed by atoms with Crippen LogP contribution in [0.25, 0.3) is 6.08 Å². The van der Waals surface area contributed by atoms with E-state index in [4.69, 9.17) is 9.47 Å². The predicted octanol–water partition coefficient (Wildman–Crippen LogP) is 3.83. The number of methoxy groups -OCH3 is 1. The van der Waals surface area contributed by atoms with E-state index in [-0.39, 0.29) is 11.6 Å². The van der Waals surface area contributed by atoms with Gasteiger partial charge < -0.3 is 14.8 Å². The smallest absolute Gasteiger partial charge is 0.341 e. The van der Waals surface area contributed by atoms with E-state index in [1.165, 1.54) is 19.3 Å². The molecule has 3 unspecified atom stereocenters. The molecule has 0 amide bonds. The van der Waals surface area contributed by atoms with Crippen LogP contribution in [0.1, 0.15) is 60.6 Å². The number of ether oxygens (including phenoxy) is 2. The zero-order valence-electron chi connectivity index (χ0n) is 16.2.